The van der Waals surface area contributed by atoms with Gasteiger partial charge in [-0.3, -0.25) is 9.10 Å². The van der Waals surface area contributed by atoms with Crippen molar-refractivity contribution in [2.45, 2.75) is 33.6 Å². The van der Waals surface area contributed by atoms with Gasteiger partial charge in [-0.1, -0.05) is 23.7 Å². The highest BCUT2D eigenvalue weighted by Crippen LogP contribution is 2.23. The number of amides is 1. The molecule has 1 amide bonds. The summed E-state index contributed by atoms with van der Waals surface area (Å²) in [6.07, 6.45) is 1.80. The number of anilines is 2. The van der Waals surface area contributed by atoms with Crippen LogP contribution in [-0.2, 0) is 14.8 Å². The SMILES string of the molecule is Cc1cc(C)cc(N(CCCC(=O)Nc2cc(Cl)ccc2C)S(C)(=O)=O)c1. The first-order chi connectivity index (χ1) is 12.6. The summed E-state index contributed by atoms with van der Waals surface area (Å²) in [7, 11) is -3.44. The minimum Gasteiger partial charge on any atom is -0.326 e. The van der Waals surface area contributed by atoms with E-state index in [1.807, 2.05) is 45.0 Å². The number of aryl methyl sites for hydroxylation is 3. The van der Waals surface area contributed by atoms with E-state index >= 15 is 0 Å². The highest BCUT2D eigenvalue weighted by molar-refractivity contribution is 7.92. The van der Waals surface area contributed by atoms with E-state index in [4.69, 9.17) is 11.6 Å². The van der Waals surface area contributed by atoms with Crippen molar-refractivity contribution in [3.8, 4) is 0 Å². The molecule has 0 aliphatic carbocycles. The highest BCUT2D eigenvalue weighted by atomic mass is 35.5. The van der Waals surface area contributed by atoms with Gasteiger partial charge in [-0.2, -0.15) is 0 Å². The van der Waals surface area contributed by atoms with Gasteiger partial charge in [-0.05, 0) is 68.1 Å². The summed E-state index contributed by atoms with van der Waals surface area (Å²) in [6, 6.07) is 11.0. The van der Waals surface area contributed by atoms with Crippen LogP contribution in [0.15, 0.2) is 36.4 Å². The van der Waals surface area contributed by atoms with E-state index in [0.717, 1.165) is 16.7 Å². The van der Waals surface area contributed by atoms with Crippen LogP contribution in [0, 0.1) is 20.8 Å². The summed E-state index contributed by atoms with van der Waals surface area (Å²) in [6.45, 7) is 5.98. The number of carbonyl (C=O) groups is 1. The van der Waals surface area contributed by atoms with Gasteiger partial charge in [-0.15, -0.1) is 0 Å². The molecule has 146 valence electrons. The van der Waals surface area contributed by atoms with Crippen LogP contribution in [0.1, 0.15) is 29.5 Å². The fraction of sp³-hybridized carbons (Fsp3) is 0.350. The number of hydrogen-bond donors (Lipinski definition) is 1. The molecule has 5 nitrogen and oxygen atoms in total. The summed E-state index contributed by atoms with van der Waals surface area (Å²) < 4.78 is 25.8. The van der Waals surface area contributed by atoms with Gasteiger partial charge in [0.05, 0.1) is 11.9 Å². The van der Waals surface area contributed by atoms with E-state index in [1.54, 1.807) is 12.1 Å². The third-order valence-electron chi connectivity index (χ3n) is 4.13. The molecule has 0 unspecified atom stereocenters. The van der Waals surface area contributed by atoms with Gasteiger partial charge in [0.2, 0.25) is 15.9 Å². The Morgan fingerprint density at radius 3 is 2.30 bits per heavy atom. The fourth-order valence-corrected chi connectivity index (χ4v) is 4.03. The summed E-state index contributed by atoms with van der Waals surface area (Å²) in [5.74, 6) is -0.172. The lowest BCUT2D eigenvalue weighted by Crippen LogP contribution is -2.31. The molecule has 2 aromatic carbocycles. The maximum atomic E-state index is 12.2. The molecule has 27 heavy (non-hydrogen) atoms. The zero-order chi connectivity index (χ0) is 20.2. The number of nitrogens with zero attached hydrogens (tertiary/aromatic N) is 1. The van der Waals surface area contributed by atoms with Gasteiger partial charge in [0.1, 0.15) is 0 Å². The van der Waals surface area contributed by atoms with Gasteiger partial charge in [-0.25, -0.2) is 8.42 Å². The molecule has 0 saturated heterocycles. The molecule has 0 aromatic heterocycles. The monoisotopic (exact) mass is 408 g/mol. The molecule has 1 N–H and O–H groups in total. The molecule has 0 radical (unpaired) electrons. The molecule has 0 spiro atoms. The summed E-state index contributed by atoms with van der Waals surface area (Å²) in [4.78, 5) is 12.2. The number of carbonyl (C=O) groups excluding carboxylic acids is 1. The van der Waals surface area contributed by atoms with Crippen molar-refractivity contribution in [1.29, 1.82) is 0 Å². The Kier molecular flexibility index (Phi) is 6.89. The van der Waals surface area contributed by atoms with Crippen LogP contribution in [-0.4, -0.2) is 27.1 Å². The van der Waals surface area contributed by atoms with Crippen molar-refractivity contribution in [3.63, 3.8) is 0 Å². The van der Waals surface area contributed by atoms with Crippen LogP contribution >= 0.6 is 11.6 Å². The normalized spacial score (nSPS) is 11.3. The zero-order valence-corrected chi connectivity index (χ0v) is 17.6. The second-order valence-electron chi connectivity index (χ2n) is 6.79. The average molecular weight is 409 g/mol. The van der Waals surface area contributed by atoms with E-state index in [-0.39, 0.29) is 18.9 Å². The Morgan fingerprint density at radius 2 is 1.70 bits per heavy atom. The predicted molar refractivity (Wildman–Crippen MR) is 112 cm³/mol. The van der Waals surface area contributed by atoms with Crippen LogP contribution < -0.4 is 9.62 Å². The van der Waals surface area contributed by atoms with E-state index in [9.17, 15) is 13.2 Å². The Labute approximate surface area is 166 Å². The molecule has 0 aliphatic rings. The maximum absolute atomic E-state index is 12.2. The number of benzene rings is 2. The number of sulfonamides is 1. The van der Waals surface area contributed by atoms with Crippen LogP contribution in [0.4, 0.5) is 11.4 Å². The Hall–Kier alpha value is -2.05. The summed E-state index contributed by atoms with van der Waals surface area (Å²) in [5, 5.41) is 3.38. The molecule has 7 heteroatoms. The predicted octanol–water partition coefficient (Wildman–Crippen LogP) is 4.45. The molecule has 0 bridgehead atoms. The minimum atomic E-state index is -3.44. The molecule has 2 aromatic rings. The molecule has 0 saturated carbocycles. The van der Waals surface area contributed by atoms with Crippen LogP contribution in [0.25, 0.3) is 0 Å². The first-order valence-electron chi connectivity index (χ1n) is 8.68. The first kappa shape index (κ1) is 21.3. The lowest BCUT2D eigenvalue weighted by molar-refractivity contribution is -0.116. The molecular formula is C20H25ClN2O3S. The zero-order valence-electron chi connectivity index (χ0n) is 16.0. The molecule has 0 fully saturated rings. The Morgan fingerprint density at radius 1 is 1.07 bits per heavy atom. The van der Waals surface area contributed by atoms with Crippen molar-refractivity contribution >= 4 is 38.9 Å². The van der Waals surface area contributed by atoms with Crippen molar-refractivity contribution in [1.82, 2.24) is 0 Å². The number of hydrogen-bond acceptors (Lipinski definition) is 3. The number of nitrogens with one attached hydrogen (secondary N) is 1. The standard InChI is InChI=1S/C20H25ClN2O3S/c1-14-10-15(2)12-18(11-14)23(27(4,25)26)9-5-6-20(24)22-19-13-17(21)8-7-16(19)3/h7-8,10-13H,5-6,9H2,1-4H3,(H,22,24). The molecular weight excluding hydrogens is 384 g/mol. The maximum Gasteiger partial charge on any atom is 0.232 e. The average Bonchev–Trinajstić information content (AvgIpc) is 2.53. The molecule has 0 heterocycles. The molecule has 0 aliphatic heterocycles. The first-order valence-corrected chi connectivity index (χ1v) is 10.9. The van der Waals surface area contributed by atoms with Crippen molar-refractivity contribution in [2.24, 2.45) is 0 Å². The lowest BCUT2D eigenvalue weighted by atomic mass is 10.1. The second-order valence-corrected chi connectivity index (χ2v) is 9.14. The van der Waals surface area contributed by atoms with Gasteiger partial charge in [0.25, 0.3) is 0 Å². The van der Waals surface area contributed by atoms with Gasteiger partial charge in [0.15, 0.2) is 0 Å². The highest BCUT2D eigenvalue weighted by Gasteiger charge is 2.18. The van der Waals surface area contributed by atoms with Gasteiger partial charge < -0.3 is 5.32 Å². The van der Waals surface area contributed by atoms with E-state index in [2.05, 4.69) is 5.32 Å². The second kappa shape index (κ2) is 8.76. The lowest BCUT2D eigenvalue weighted by Gasteiger charge is -2.23. The van der Waals surface area contributed by atoms with Crippen LogP contribution in [0.5, 0.6) is 0 Å². The topological polar surface area (TPSA) is 66.5 Å². The number of halogens is 1. The van der Waals surface area contributed by atoms with Crippen LogP contribution in [0.2, 0.25) is 5.02 Å². The van der Waals surface area contributed by atoms with Crippen LogP contribution in [0.3, 0.4) is 0 Å². The smallest absolute Gasteiger partial charge is 0.232 e. The van der Waals surface area contributed by atoms with E-state index in [1.165, 1.54) is 10.6 Å². The Balaban J connectivity index is 2.03. The quantitative estimate of drug-likeness (QED) is 0.735. The third-order valence-corrected chi connectivity index (χ3v) is 5.56. The van der Waals surface area contributed by atoms with Gasteiger partial charge in [0, 0.05) is 23.7 Å². The van der Waals surface area contributed by atoms with Crippen molar-refractivity contribution in [3.05, 3.63) is 58.1 Å². The van der Waals surface area contributed by atoms with Gasteiger partial charge >= 0.3 is 0 Å². The summed E-state index contributed by atoms with van der Waals surface area (Å²) in [5.41, 5.74) is 4.20. The minimum absolute atomic E-state index is 0.172. The summed E-state index contributed by atoms with van der Waals surface area (Å²) >= 11 is 5.97. The molecule has 2 rings (SSSR count). The fourth-order valence-electron chi connectivity index (χ4n) is 2.91. The van der Waals surface area contributed by atoms with Crippen molar-refractivity contribution < 1.29 is 13.2 Å². The van der Waals surface area contributed by atoms with E-state index < -0.39 is 10.0 Å². The Bertz CT molecular complexity index is 922. The third kappa shape index (κ3) is 6.26. The number of rotatable bonds is 7. The molecule has 0 atom stereocenters. The largest absolute Gasteiger partial charge is 0.326 e. The van der Waals surface area contributed by atoms with E-state index in [0.29, 0.717) is 22.8 Å². The van der Waals surface area contributed by atoms with Crippen molar-refractivity contribution in [2.75, 3.05) is 22.4 Å².